The van der Waals surface area contributed by atoms with Crippen LogP contribution in [0.2, 0.25) is 0 Å². The van der Waals surface area contributed by atoms with Gasteiger partial charge >= 0.3 is 0 Å². The maximum atomic E-state index is 13.2. The van der Waals surface area contributed by atoms with Crippen LogP contribution in [-0.4, -0.2) is 41.9 Å². The van der Waals surface area contributed by atoms with E-state index in [1.807, 2.05) is 6.07 Å². The maximum absolute atomic E-state index is 13.2. The van der Waals surface area contributed by atoms with Crippen LogP contribution in [0.3, 0.4) is 0 Å². The summed E-state index contributed by atoms with van der Waals surface area (Å²) in [5.41, 5.74) is 8.78. The van der Waals surface area contributed by atoms with Crippen LogP contribution in [0.15, 0.2) is 72.8 Å². The molecule has 0 fully saturated rings. The van der Waals surface area contributed by atoms with Crippen molar-refractivity contribution in [3.05, 3.63) is 101 Å². The Morgan fingerprint density at radius 1 is 0.946 bits per heavy atom. The lowest BCUT2D eigenvalue weighted by Gasteiger charge is -2.14. The highest BCUT2D eigenvalue weighted by molar-refractivity contribution is 5.98. The molecule has 3 rings (SSSR count). The molecule has 5 N–H and O–H groups in total. The van der Waals surface area contributed by atoms with E-state index < -0.39 is 24.3 Å². The Balaban J connectivity index is 1.49. The van der Waals surface area contributed by atoms with Crippen LogP contribution in [0.25, 0.3) is 0 Å². The molecule has 0 aromatic heterocycles. The summed E-state index contributed by atoms with van der Waals surface area (Å²) in [5, 5.41) is 14.3. The van der Waals surface area contributed by atoms with E-state index in [4.69, 9.17) is 10.8 Å². The average molecular weight is 502 g/mol. The molecule has 7 nitrogen and oxygen atoms in total. The monoisotopic (exact) mass is 501 g/mol. The van der Waals surface area contributed by atoms with Crippen LogP contribution in [-0.2, 0) is 16.0 Å². The van der Waals surface area contributed by atoms with Gasteiger partial charge in [-0.05, 0) is 79.1 Å². The van der Waals surface area contributed by atoms with E-state index in [1.165, 1.54) is 12.1 Å². The number of nitrogens with two attached hydrogens (primary N) is 1. The van der Waals surface area contributed by atoms with Crippen molar-refractivity contribution in [2.45, 2.75) is 25.3 Å². The quantitative estimate of drug-likeness (QED) is 0.318. The molecule has 0 aliphatic rings. The molecule has 0 saturated heterocycles. The number of benzene rings is 3. The minimum absolute atomic E-state index is 0.103. The van der Waals surface area contributed by atoms with Gasteiger partial charge in [0.15, 0.2) is 5.78 Å². The molecule has 0 spiro atoms. The fraction of sp³-hybridized carbons (Fsp3) is 0.207. The van der Waals surface area contributed by atoms with Gasteiger partial charge in [0, 0.05) is 35.3 Å². The Hall–Kier alpha value is -4.32. The number of aryl methyl sites for hydroxylation is 1. The number of ketones is 1. The lowest BCUT2D eigenvalue weighted by molar-refractivity contribution is -0.123. The Morgan fingerprint density at radius 3 is 2.19 bits per heavy atom. The number of Topliss-reactive ketones (excluding diaryl/α,β-unsaturated/α-hetero) is 1. The van der Waals surface area contributed by atoms with Crippen molar-refractivity contribution in [3.63, 3.8) is 0 Å². The second-order valence-electron chi connectivity index (χ2n) is 8.32. The van der Waals surface area contributed by atoms with Gasteiger partial charge in [0.2, 0.25) is 5.91 Å². The molecular weight excluding hydrogens is 473 g/mol. The molecule has 3 aromatic carbocycles. The van der Waals surface area contributed by atoms with Gasteiger partial charge in [-0.2, -0.15) is 0 Å². The molecule has 8 heteroatoms. The fourth-order valence-corrected chi connectivity index (χ4v) is 3.48. The summed E-state index contributed by atoms with van der Waals surface area (Å²) in [6.07, 6.45) is 1.58. The van der Waals surface area contributed by atoms with Gasteiger partial charge in [-0.1, -0.05) is 24.0 Å². The van der Waals surface area contributed by atoms with E-state index in [9.17, 15) is 18.8 Å². The molecule has 0 aliphatic carbocycles. The number of aliphatic hydroxyl groups is 1. The summed E-state index contributed by atoms with van der Waals surface area (Å²) >= 11 is 0. The molecule has 0 aliphatic heterocycles. The zero-order chi connectivity index (χ0) is 26.6. The van der Waals surface area contributed by atoms with Gasteiger partial charge < -0.3 is 21.5 Å². The number of nitrogens with one attached hydrogen (secondary N) is 2. The van der Waals surface area contributed by atoms with Crippen molar-refractivity contribution in [2.75, 3.05) is 18.5 Å². The SMILES string of the molecule is NC[C@H](NC(=O)c1ccc(C#Cc2ccc(NC(=O)CCCc3cccc(F)c3)cc2)cc1)C(=O)CO. The van der Waals surface area contributed by atoms with E-state index in [2.05, 4.69) is 22.5 Å². The Bertz CT molecular complexity index is 1300. The number of hydrogen-bond acceptors (Lipinski definition) is 5. The van der Waals surface area contributed by atoms with E-state index in [0.29, 0.717) is 36.1 Å². The van der Waals surface area contributed by atoms with Crippen molar-refractivity contribution in [3.8, 4) is 11.8 Å². The average Bonchev–Trinajstić information content (AvgIpc) is 2.91. The number of halogens is 1. The molecule has 0 unspecified atom stereocenters. The number of carbonyl (C=O) groups excluding carboxylic acids is 3. The van der Waals surface area contributed by atoms with Gasteiger partial charge in [-0.15, -0.1) is 0 Å². The van der Waals surface area contributed by atoms with Gasteiger partial charge in [0.25, 0.3) is 5.91 Å². The third-order valence-corrected chi connectivity index (χ3v) is 5.51. The Morgan fingerprint density at radius 2 is 1.59 bits per heavy atom. The summed E-state index contributed by atoms with van der Waals surface area (Å²) in [6.45, 7) is -0.796. The minimum Gasteiger partial charge on any atom is -0.388 e. The number of hydrogen-bond donors (Lipinski definition) is 4. The highest BCUT2D eigenvalue weighted by Crippen LogP contribution is 2.12. The smallest absolute Gasteiger partial charge is 0.251 e. The first-order valence-electron chi connectivity index (χ1n) is 11.8. The predicted molar refractivity (Wildman–Crippen MR) is 139 cm³/mol. The zero-order valence-corrected chi connectivity index (χ0v) is 20.2. The molecule has 1 atom stereocenters. The van der Waals surface area contributed by atoms with Crippen molar-refractivity contribution in [2.24, 2.45) is 5.73 Å². The summed E-state index contributed by atoms with van der Waals surface area (Å²) in [7, 11) is 0. The molecule has 3 aromatic rings. The summed E-state index contributed by atoms with van der Waals surface area (Å²) in [4.78, 5) is 36.0. The normalized spacial score (nSPS) is 11.1. The van der Waals surface area contributed by atoms with Crippen LogP contribution >= 0.6 is 0 Å². The highest BCUT2D eigenvalue weighted by atomic mass is 19.1. The first-order chi connectivity index (χ1) is 17.9. The van der Waals surface area contributed by atoms with Gasteiger partial charge in [0.05, 0.1) is 0 Å². The third-order valence-electron chi connectivity index (χ3n) is 5.51. The topological polar surface area (TPSA) is 122 Å². The van der Waals surface area contributed by atoms with E-state index in [1.54, 1.807) is 54.6 Å². The molecule has 37 heavy (non-hydrogen) atoms. The van der Waals surface area contributed by atoms with Crippen LogP contribution in [0.5, 0.6) is 0 Å². The molecule has 0 bridgehead atoms. The summed E-state index contributed by atoms with van der Waals surface area (Å²) in [6, 6.07) is 19.1. The molecule has 0 heterocycles. The molecular formula is C29H28FN3O4. The first kappa shape index (κ1) is 27.3. The summed E-state index contributed by atoms with van der Waals surface area (Å²) < 4.78 is 13.2. The Labute approximate surface area is 214 Å². The highest BCUT2D eigenvalue weighted by Gasteiger charge is 2.18. The van der Waals surface area contributed by atoms with Crippen molar-refractivity contribution >= 4 is 23.3 Å². The maximum Gasteiger partial charge on any atom is 0.251 e. The number of rotatable bonds is 10. The fourth-order valence-electron chi connectivity index (χ4n) is 3.48. The second kappa shape index (κ2) is 13.7. The molecule has 2 amide bonds. The lowest BCUT2D eigenvalue weighted by atomic mass is 10.1. The van der Waals surface area contributed by atoms with Crippen LogP contribution in [0, 0.1) is 17.7 Å². The van der Waals surface area contributed by atoms with Crippen LogP contribution < -0.4 is 16.4 Å². The largest absolute Gasteiger partial charge is 0.388 e. The third kappa shape index (κ3) is 8.69. The number of anilines is 1. The standard InChI is InChI=1S/C29H28FN3O4/c30-24-5-1-3-22(17-24)4-2-6-28(36)32-25-15-11-21(12-16-25)8-7-20-9-13-23(14-10-20)29(37)33-26(18-31)27(35)19-34/h1,3,5,9-17,26,34H,2,4,6,18-19,31H2,(H,32,36)(H,33,37)/t26-/m0/s1. The number of carbonyl (C=O) groups is 3. The Kier molecular flexibility index (Phi) is 10.1. The van der Waals surface area contributed by atoms with Gasteiger partial charge in [-0.25, -0.2) is 4.39 Å². The van der Waals surface area contributed by atoms with Crippen molar-refractivity contribution in [1.29, 1.82) is 0 Å². The molecule has 0 saturated carbocycles. The van der Waals surface area contributed by atoms with Crippen molar-refractivity contribution in [1.82, 2.24) is 5.32 Å². The van der Waals surface area contributed by atoms with Gasteiger partial charge in [0.1, 0.15) is 18.5 Å². The number of aliphatic hydroxyl groups excluding tert-OH is 1. The van der Waals surface area contributed by atoms with Gasteiger partial charge in [-0.3, -0.25) is 14.4 Å². The zero-order valence-electron chi connectivity index (χ0n) is 20.2. The van der Waals surface area contributed by atoms with Crippen molar-refractivity contribution < 1.29 is 23.9 Å². The van der Waals surface area contributed by atoms with E-state index in [-0.39, 0.29) is 18.3 Å². The van der Waals surface area contributed by atoms with E-state index >= 15 is 0 Å². The molecule has 0 radical (unpaired) electrons. The first-order valence-corrected chi connectivity index (χ1v) is 11.8. The van der Waals surface area contributed by atoms with E-state index in [0.717, 1.165) is 11.1 Å². The van der Waals surface area contributed by atoms with Crippen LogP contribution in [0.1, 0.15) is 39.9 Å². The predicted octanol–water partition coefficient (Wildman–Crippen LogP) is 2.81. The molecule has 190 valence electrons. The minimum atomic E-state index is -0.940. The lowest BCUT2D eigenvalue weighted by Crippen LogP contribution is -2.46. The summed E-state index contributed by atoms with van der Waals surface area (Å²) in [5.74, 6) is 4.63. The second-order valence-corrected chi connectivity index (χ2v) is 8.32. The van der Waals surface area contributed by atoms with Crippen LogP contribution in [0.4, 0.5) is 10.1 Å². The number of amides is 2.